The van der Waals surface area contributed by atoms with Crippen LogP contribution in [0.15, 0.2) is 65.7 Å². The average molecular weight is 529 g/mol. The van der Waals surface area contributed by atoms with Crippen molar-refractivity contribution in [3.63, 3.8) is 0 Å². The number of esters is 2. The van der Waals surface area contributed by atoms with Gasteiger partial charge in [0.15, 0.2) is 0 Å². The van der Waals surface area contributed by atoms with Gasteiger partial charge in [-0.15, -0.1) is 0 Å². The standard InChI is InChI=1S/C26H28N2O8S/c1-17-6-10-21(11-7-17)37(31,32)28(16-25(29)34-4)18(2)22-14-20(33-3)9-12-23(22)36-24-13-8-19(15-27-24)26(30)35-5/h6-15,18H,16H2,1-5H3. The fourth-order valence-electron chi connectivity index (χ4n) is 3.49. The molecule has 0 amide bonds. The number of aryl methyl sites for hydroxylation is 1. The number of methoxy groups -OCH3 is 3. The van der Waals surface area contributed by atoms with Gasteiger partial charge in [0.2, 0.25) is 15.9 Å². The summed E-state index contributed by atoms with van der Waals surface area (Å²) >= 11 is 0. The van der Waals surface area contributed by atoms with Gasteiger partial charge in [-0.1, -0.05) is 17.7 Å². The Bertz CT molecular complexity index is 1360. The number of aromatic nitrogens is 1. The molecule has 0 spiro atoms. The molecule has 196 valence electrons. The van der Waals surface area contributed by atoms with Gasteiger partial charge in [0, 0.05) is 17.8 Å². The second kappa shape index (κ2) is 11.8. The first-order valence-electron chi connectivity index (χ1n) is 11.2. The largest absolute Gasteiger partial charge is 0.497 e. The summed E-state index contributed by atoms with van der Waals surface area (Å²) in [5, 5.41) is 0. The van der Waals surface area contributed by atoms with Gasteiger partial charge < -0.3 is 18.9 Å². The van der Waals surface area contributed by atoms with Crippen LogP contribution in [0.3, 0.4) is 0 Å². The molecule has 0 aliphatic heterocycles. The van der Waals surface area contributed by atoms with E-state index in [4.69, 9.17) is 14.2 Å². The predicted octanol–water partition coefficient (Wildman–Crippen LogP) is 3.90. The molecule has 3 rings (SSSR count). The molecular weight excluding hydrogens is 500 g/mol. The van der Waals surface area contributed by atoms with Crippen molar-refractivity contribution >= 4 is 22.0 Å². The molecule has 0 aliphatic carbocycles. The third-order valence-electron chi connectivity index (χ3n) is 5.61. The van der Waals surface area contributed by atoms with Gasteiger partial charge in [0.05, 0.1) is 37.8 Å². The molecule has 0 saturated heterocycles. The molecule has 0 N–H and O–H groups in total. The number of hydrogen-bond donors (Lipinski definition) is 0. The fraction of sp³-hybridized carbons (Fsp3) is 0.269. The van der Waals surface area contributed by atoms with Gasteiger partial charge in [0.25, 0.3) is 0 Å². The SMILES string of the molecule is COC(=O)CN(C(C)c1cc(OC)ccc1Oc1ccc(C(=O)OC)cn1)S(=O)(=O)c1ccc(C)cc1. The number of carbonyl (C=O) groups is 2. The van der Waals surface area contributed by atoms with Gasteiger partial charge in [-0.3, -0.25) is 4.79 Å². The van der Waals surface area contributed by atoms with E-state index in [0.29, 0.717) is 11.3 Å². The van der Waals surface area contributed by atoms with Crippen LogP contribution in [0, 0.1) is 6.92 Å². The molecule has 10 nitrogen and oxygen atoms in total. The second-order valence-electron chi connectivity index (χ2n) is 8.00. The van der Waals surface area contributed by atoms with E-state index >= 15 is 0 Å². The molecule has 0 bridgehead atoms. The maximum Gasteiger partial charge on any atom is 0.339 e. The molecule has 37 heavy (non-hydrogen) atoms. The first kappa shape index (κ1) is 27.6. The fourth-order valence-corrected chi connectivity index (χ4v) is 5.04. The van der Waals surface area contributed by atoms with Gasteiger partial charge >= 0.3 is 11.9 Å². The molecule has 1 aromatic heterocycles. The normalized spacial score (nSPS) is 12.1. The maximum absolute atomic E-state index is 13.7. The Hall–Kier alpha value is -3.96. The lowest BCUT2D eigenvalue weighted by molar-refractivity contribution is -0.141. The quantitative estimate of drug-likeness (QED) is 0.361. The number of hydrogen-bond acceptors (Lipinski definition) is 9. The minimum Gasteiger partial charge on any atom is -0.497 e. The Kier molecular flexibility index (Phi) is 8.85. The monoisotopic (exact) mass is 528 g/mol. The van der Waals surface area contributed by atoms with Crippen molar-refractivity contribution in [1.29, 1.82) is 0 Å². The third kappa shape index (κ3) is 6.43. The van der Waals surface area contributed by atoms with Crippen LogP contribution in [0.1, 0.15) is 34.5 Å². The van der Waals surface area contributed by atoms with Crippen molar-refractivity contribution in [2.45, 2.75) is 24.8 Å². The Morgan fingerprint density at radius 1 is 0.973 bits per heavy atom. The molecule has 0 radical (unpaired) electrons. The molecule has 1 heterocycles. The summed E-state index contributed by atoms with van der Waals surface area (Å²) in [6.07, 6.45) is 1.30. The minimum absolute atomic E-state index is 0.0271. The maximum atomic E-state index is 13.7. The average Bonchev–Trinajstić information content (AvgIpc) is 2.91. The highest BCUT2D eigenvalue weighted by molar-refractivity contribution is 7.89. The van der Waals surface area contributed by atoms with E-state index in [1.165, 1.54) is 51.8 Å². The second-order valence-corrected chi connectivity index (χ2v) is 9.89. The topological polar surface area (TPSA) is 121 Å². The molecule has 3 aromatic rings. The summed E-state index contributed by atoms with van der Waals surface area (Å²) in [7, 11) is -0.195. The van der Waals surface area contributed by atoms with Crippen LogP contribution in [0.2, 0.25) is 0 Å². The lowest BCUT2D eigenvalue weighted by Gasteiger charge is -2.29. The van der Waals surface area contributed by atoms with Crippen LogP contribution in [0.5, 0.6) is 17.4 Å². The van der Waals surface area contributed by atoms with Crippen LogP contribution >= 0.6 is 0 Å². The molecule has 1 unspecified atom stereocenters. The van der Waals surface area contributed by atoms with Crippen molar-refractivity contribution in [3.8, 4) is 17.4 Å². The highest BCUT2D eigenvalue weighted by atomic mass is 32.2. The smallest absolute Gasteiger partial charge is 0.339 e. The van der Waals surface area contributed by atoms with Crippen molar-refractivity contribution in [1.82, 2.24) is 9.29 Å². The van der Waals surface area contributed by atoms with Crippen molar-refractivity contribution in [2.24, 2.45) is 0 Å². The van der Waals surface area contributed by atoms with Crippen LogP contribution in [0.4, 0.5) is 0 Å². The van der Waals surface area contributed by atoms with Crippen LogP contribution in [0.25, 0.3) is 0 Å². The van der Waals surface area contributed by atoms with E-state index in [0.717, 1.165) is 9.87 Å². The van der Waals surface area contributed by atoms with E-state index in [-0.39, 0.29) is 22.1 Å². The summed E-state index contributed by atoms with van der Waals surface area (Å²) in [6.45, 7) is 2.94. The molecule has 1 atom stereocenters. The summed E-state index contributed by atoms with van der Waals surface area (Å²) < 4.78 is 49.1. The van der Waals surface area contributed by atoms with Crippen molar-refractivity contribution < 1.29 is 37.0 Å². The summed E-state index contributed by atoms with van der Waals surface area (Å²) in [5.41, 5.74) is 1.55. The van der Waals surface area contributed by atoms with Crippen LogP contribution in [-0.4, -0.2) is 57.5 Å². The molecule has 2 aromatic carbocycles. The van der Waals surface area contributed by atoms with Gasteiger partial charge in [-0.05, 0) is 50.2 Å². The molecular formula is C26H28N2O8S. The van der Waals surface area contributed by atoms with Crippen LogP contribution in [-0.2, 0) is 24.3 Å². The zero-order chi connectivity index (χ0) is 27.2. The number of benzene rings is 2. The van der Waals surface area contributed by atoms with Crippen molar-refractivity contribution in [3.05, 3.63) is 77.5 Å². The van der Waals surface area contributed by atoms with E-state index < -0.39 is 34.5 Å². The first-order chi connectivity index (χ1) is 17.6. The number of ether oxygens (including phenoxy) is 4. The van der Waals surface area contributed by atoms with Gasteiger partial charge in [0.1, 0.15) is 18.0 Å². The summed E-state index contributed by atoms with van der Waals surface area (Å²) in [6, 6.07) is 13.3. The number of pyridine rings is 1. The number of nitrogens with zero attached hydrogens (tertiary/aromatic N) is 2. The van der Waals surface area contributed by atoms with Crippen molar-refractivity contribution in [2.75, 3.05) is 27.9 Å². The zero-order valence-corrected chi connectivity index (χ0v) is 21.9. The Balaban J connectivity index is 2.05. The summed E-state index contributed by atoms with van der Waals surface area (Å²) in [4.78, 5) is 28.1. The minimum atomic E-state index is -4.13. The summed E-state index contributed by atoms with van der Waals surface area (Å²) in [5.74, 6) is -0.382. The zero-order valence-electron chi connectivity index (χ0n) is 21.1. The molecule has 11 heteroatoms. The van der Waals surface area contributed by atoms with Crippen LogP contribution < -0.4 is 9.47 Å². The lowest BCUT2D eigenvalue weighted by Crippen LogP contribution is -2.38. The lowest BCUT2D eigenvalue weighted by atomic mass is 10.1. The van der Waals surface area contributed by atoms with E-state index in [9.17, 15) is 18.0 Å². The highest BCUT2D eigenvalue weighted by Gasteiger charge is 2.34. The number of sulfonamides is 1. The molecule has 0 saturated carbocycles. The highest BCUT2D eigenvalue weighted by Crippen LogP contribution is 2.37. The Morgan fingerprint density at radius 2 is 1.68 bits per heavy atom. The first-order valence-corrected chi connectivity index (χ1v) is 12.6. The Morgan fingerprint density at radius 3 is 2.24 bits per heavy atom. The van der Waals surface area contributed by atoms with E-state index in [1.807, 2.05) is 6.92 Å². The van der Waals surface area contributed by atoms with E-state index in [1.54, 1.807) is 37.3 Å². The third-order valence-corrected chi connectivity index (χ3v) is 7.54. The molecule has 0 aliphatic rings. The van der Waals surface area contributed by atoms with Gasteiger partial charge in [-0.25, -0.2) is 18.2 Å². The Labute approximate surface area is 215 Å². The molecule has 0 fully saturated rings. The van der Waals surface area contributed by atoms with Gasteiger partial charge in [-0.2, -0.15) is 4.31 Å². The number of carbonyl (C=O) groups excluding carboxylic acids is 2. The predicted molar refractivity (Wildman–Crippen MR) is 134 cm³/mol. The number of rotatable bonds is 10. The van der Waals surface area contributed by atoms with E-state index in [2.05, 4.69) is 9.72 Å².